The van der Waals surface area contributed by atoms with Gasteiger partial charge in [0.2, 0.25) is 0 Å². The van der Waals surface area contributed by atoms with Crippen LogP contribution in [0.25, 0.3) is 0 Å². The number of hydrogen-bond donors (Lipinski definition) is 0. The Balaban J connectivity index is 3.18. The summed E-state index contributed by atoms with van der Waals surface area (Å²) in [7, 11) is -3.70. The molecule has 0 bridgehead atoms. The first-order valence-corrected chi connectivity index (χ1v) is 7.32. The summed E-state index contributed by atoms with van der Waals surface area (Å²) in [4.78, 5) is 0. The fourth-order valence-corrected chi connectivity index (χ4v) is 2.20. The van der Waals surface area contributed by atoms with Gasteiger partial charge in [0.15, 0.2) is 0 Å². The van der Waals surface area contributed by atoms with Crippen LogP contribution in [0.3, 0.4) is 0 Å². The van der Waals surface area contributed by atoms with Crippen molar-refractivity contribution >= 4 is 26.0 Å². The third-order valence-electron chi connectivity index (χ3n) is 2.21. The van der Waals surface area contributed by atoms with E-state index in [0.29, 0.717) is 0 Å². The first-order chi connectivity index (χ1) is 8.00. The van der Waals surface area contributed by atoms with Crippen molar-refractivity contribution in [2.45, 2.75) is 19.7 Å². The fourth-order valence-electron chi connectivity index (χ4n) is 1.35. The van der Waals surface area contributed by atoms with E-state index in [1.54, 1.807) is 0 Å². The van der Waals surface area contributed by atoms with Gasteiger partial charge in [-0.1, -0.05) is 15.9 Å². The summed E-state index contributed by atoms with van der Waals surface area (Å²) in [6.45, 7) is 0.851. The Bertz CT molecular complexity index is 552. The number of hydrogen-bond acceptors (Lipinski definition) is 3. The van der Waals surface area contributed by atoms with Crippen molar-refractivity contribution < 1.29 is 25.8 Å². The smallest absolute Gasteiger partial charge is 0.265 e. The second kappa shape index (κ2) is 5.18. The zero-order chi connectivity index (χ0) is 14.1. The average molecular weight is 347 g/mol. The predicted molar refractivity (Wildman–Crippen MR) is 63.5 cm³/mol. The Morgan fingerprint density at radius 1 is 1.33 bits per heavy atom. The zero-order valence-corrected chi connectivity index (χ0v) is 11.9. The van der Waals surface area contributed by atoms with Gasteiger partial charge in [0.25, 0.3) is 10.1 Å². The lowest BCUT2D eigenvalue weighted by molar-refractivity contribution is -0.138. The van der Waals surface area contributed by atoms with Crippen LogP contribution in [0.5, 0.6) is 0 Å². The highest BCUT2D eigenvalue weighted by Crippen LogP contribution is 2.35. The zero-order valence-electron chi connectivity index (χ0n) is 9.51. The monoisotopic (exact) mass is 346 g/mol. The molecule has 0 N–H and O–H groups in total. The molecule has 0 atom stereocenters. The maximum absolute atomic E-state index is 12.7. The van der Waals surface area contributed by atoms with Crippen molar-refractivity contribution in [2.75, 3.05) is 6.26 Å². The fraction of sp³-hybridized carbons (Fsp3) is 0.400. The molecule has 0 aromatic heterocycles. The summed E-state index contributed by atoms with van der Waals surface area (Å²) in [5, 5.41) is 0. The van der Waals surface area contributed by atoms with E-state index in [2.05, 4.69) is 20.1 Å². The molecule has 0 fully saturated rings. The van der Waals surface area contributed by atoms with Gasteiger partial charge in [-0.25, -0.2) is 0 Å². The molecule has 1 aromatic rings. The van der Waals surface area contributed by atoms with Crippen molar-refractivity contribution in [2.24, 2.45) is 0 Å². The van der Waals surface area contributed by atoms with Crippen LogP contribution in [0.4, 0.5) is 13.2 Å². The first-order valence-electron chi connectivity index (χ1n) is 4.71. The first kappa shape index (κ1) is 15.5. The molecular formula is C10H10BrF3O3S. The number of alkyl halides is 3. The van der Waals surface area contributed by atoms with Gasteiger partial charge in [-0.05, 0) is 30.2 Å². The van der Waals surface area contributed by atoms with Crippen LogP contribution >= 0.6 is 15.9 Å². The predicted octanol–water partition coefficient (Wildman–Crippen LogP) is 3.25. The molecule has 0 aliphatic heterocycles. The van der Waals surface area contributed by atoms with Crippen molar-refractivity contribution in [3.63, 3.8) is 0 Å². The molecule has 8 heteroatoms. The Labute approximate surface area is 111 Å². The highest BCUT2D eigenvalue weighted by Gasteiger charge is 2.33. The molecular weight excluding hydrogens is 337 g/mol. The summed E-state index contributed by atoms with van der Waals surface area (Å²) in [6, 6.07) is 2.34. The van der Waals surface area contributed by atoms with Gasteiger partial charge in [0, 0.05) is 4.47 Å². The molecule has 102 valence electrons. The van der Waals surface area contributed by atoms with E-state index in [9.17, 15) is 21.6 Å². The standard InChI is InChI=1S/C10H10BrF3O3S/c1-6-7(5-17-18(2,15)16)3-8(11)4-9(6)10(12,13)14/h3-4H,5H2,1-2H3. The highest BCUT2D eigenvalue weighted by atomic mass is 79.9. The lowest BCUT2D eigenvalue weighted by Crippen LogP contribution is -2.11. The van der Waals surface area contributed by atoms with E-state index in [-0.39, 0.29) is 15.6 Å². The van der Waals surface area contributed by atoms with E-state index >= 15 is 0 Å². The summed E-state index contributed by atoms with van der Waals surface area (Å²) < 4.78 is 64.5. The van der Waals surface area contributed by atoms with Crippen LogP contribution in [-0.2, 0) is 27.1 Å². The van der Waals surface area contributed by atoms with Crippen molar-refractivity contribution in [1.82, 2.24) is 0 Å². The number of rotatable bonds is 3. The molecule has 0 spiro atoms. The quantitative estimate of drug-likeness (QED) is 0.789. The number of benzene rings is 1. The van der Waals surface area contributed by atoms with Crippen LogP contribution in [0.15, 0.2) is 16.6 Å². The molecule has 3 nitrogen and oxygen atoms in total. The van der Waals surface area contributed by atoms with Crippen LogP contribution in [0.2, 0.25) is 0 Å². The van der Waals surface area contributed by atoms with Gasteiger partial charge in [-0.2, -0.15) is 21.6 Å². The molecule has 0 saturated carbocycles. The van der Waals surface area contributed by atoms with E-state index in [0.717, 1.165) is 12.3 Å². The summed E-state index contributed by atoms with van der Waals surface area (Å²) in [5.74, 6) is 0. The molecule has 18 heavy (non-hydrogen) atoms. The minimum atomic E-state index is -4.49. The Morgan fingerprint density at radius 2 is 1.89 bits per heavy atom. The van der Waals surface area contributed by atoms with E-state index < -0.39 is 28.5 Å². The Morgan fingerprint density at radius 3 is 2.33 bits per heavy atom. The normalized spacial score (nSPS) is 12.8. The Hall–Kier alpha value is -0.600. The molecule has 0 aliphatic rings. The maximum atomic E-state index is 12.7. The molecule has 1 aromatic carbocycles. The number of halogens is 4. The highest BCUT2D eigenvalue weighted by molar-refractivity contribution is 9.10. The maximum Gasteiger partial charge on any atom is 0.416 e. The van der Waals surface area contributed by atoms with Gasteiger partial charge in [0.05, 0.1) is 18.4 Å². The molecule has 0 amide bonds. The lowest BCUT2D eigenvalue weighted by Gasteiger charge is -2.14. The molecule has 0 heterocycles. The van der Waals surface area contributed by atoms with Crippen LogP contribution < -0.4 is 0 Å². The van der Waals surface area contributed by atoms with E-state index in [1.165, 1.54) is 13.0 Å². The molecule has 0 saturated heterocycles. The molecule has 1 rings (SSSR count). The molecule has 0 unspecified atom stereocenters. The lowest BCUT2D eigenvalue weighted by atomic mass is 10.0. The van der Waals surface area contributed by atoms with Gasteiger partial charge >= 0.3 is 6.18 Å². The third kappa shape index (κ3) is 4.25. The minimum absolute atomic E-state index is 0.0469. The van der Waals surface area contributed by atoms with E-state index in [1.807, 2.05) is 0 Å². The van der Waals surface area contributed by atoms with Crippen LogP contribution in [0.1, 0.15) is 16.7 Å². The van der Waals surface area contributed by atoms with E-state index in [4.69, 9.17) is 0 Å². The minimum Gasteiger partial charge on any atom is -0.265 e. The van der Waals surface area contributed by atoms with Crippen molar-refractivity contribution in [3.05, 3.63) is 33.3 Å². The topological polar surface area (TPSA) is 43.4 Å². The Kier molecular flexibility index (Phi) is 4.45. The van der Waals surface area contributed by atoms with Crippen molar-refractivity contribution in [3.8, 4) is 0 Å². The van der Waals surface area contributed by atoms with Gasteiger partial charge in [0.1, 0.15) is 0 Å². The van der Waals surface area contributed by atoms with Gasteiger partial charge in [-0.3, -0.25) is 4.18 Å². The third-order valence-corrected chi connectivity index (χ3v) is 3.22. The SMILES string of the molecule is Cc1c(COS(C)(=O)=O)cc(Br)cc1C(F)(F)F. The van der Waals surface area contributed by atoms with Crippen LogP contribution in [-0.4, -0.2) is 14.7 Å². The summed E-state index contributed by atoms with van der Waals surface area (Å²) >= 11 is 2.96. The van der Waals surface area contributed by atoms with Gasteiger partial charge in [-0.15, -0.1) is 0 Å². The molecule has 0 aliphatic carbocycles. The summed E-state index contributed by atoms with van der Waals surface area (Å²) in [6.07, 6.45) is -3.65. The summed E-state index contributed by atoms with van der Waals surface area (Å²) in [5.41, 5.74) is -0.694. The average Bonchev–Trinajstić information content (AvgIpc) is 2.16. The van der Waals surface area contributed by atoms with Gasteiger partial charge < -0.3 is 0 Å². The van der Waals surface area contributed by atoms with Crippen molar-refractivity contribution in [1.29, 1.82) is 0 Å². The second-order valence-electron chi connectivity index (χ2n) is 3.70. The second-order valence-corrected chi connectivity index (χ2v) is 6.26. The van der Waals surface area contributed by atoms with Crippen LogP contribution in [0, 0.1) is 6.92 Å². The molecule has 0 radical (unpaired) electrons. The largest absolute Gasteiger partial charge is 0.416 e.